The Balaban J connectivity index is 1.32. The number of nitrogens with zero attached hydrogens (tertiary/aromatic N) is 1. The minimum Gasteiger partial charge on any atom is -0.352 e. The molecule has 180 valence electrons. The van der Waals surface area contributed by atoms with Gasteiger partial charge in [-0.05, 0) is 68.2 Å². The zero-order chi connectivity index (χ0) is 24.4. The summed E-state index contributed by atoms with van der Waals surface area (Å²) in [6, 6.07) is 21.0. The average molecular weight is 490 g/mol. The third kappa shape index (κ3) is 4.59. The molecular formula is C27H27N3O4S. The Morgan fingerprint density at radius 2 is 1.66 bits per heavy atom. The molecule has 1 atom stereocenters. The van der Waals surface area contributed by atoms with Crippen LogP contribution in [0, 0.1) is 0 Å². The summed E-state index contributed by atoms with van der Waals surface area (Å²) in [6.45, 7) is 2.58. The molecule has 1 fully saturated rings. The summed E-state index contributed by atoms with van der Waals surface area (Å²) in [5.74, 6) is -0.828. The normalized spacial score (nSPS) is 17.5. The zero-order valence-electron chi connectivity index (χ0n) is 19.2. The Labute approximate surface area is 205 Å². The van der Waals surface area contributed by atoms with Crippen LogP contribution in [-0.2, 0) is 9.84 Å². The molecule has 0 aromatic heterocycles. The first-order chi connectivity index (χ1) is 16.9. The van der Waals surface area contributed by atoms with Crippen molar-refractivity contribution in [3.05, 3.63) is 89.5 Å². The number of amides is 2. The van der Waals surface area contributed by atoms with Crippen LogP contribution in [0.4, 0.5) is 5.69 Å². The molecule has 3 aromatic carbocycles. The van der Waals surface area contributed by atoms with Crippen LogP contribution in [0.2, 0.25) is 0 Å². The smallest absolute Gasteiger partial charge is 0.257 e. The molecule has 1 unspecified atom stereocenters. The van der Waals surface area contributed by atoms with Crippen LogP contribution < -0.4 is 10.6 Å². The van der Waals surface area contributed by atoms with E-state index in [-0.39, 0.29) is 33.0 Å². The van der Waals surface area contributed by atoms with Crippen LogP contribution in [-0.4, -0.2) is 44.8 Å². The number of likely N-dealkylation sites (tertiary alicyclic amines) is 1. The SMILES string of the molecule is O=C(NCCC(c1ccccc1)N1CCCC1)c1ccc2c(c1)NC(=O)c1ccccc1S2(=O)=O. The largest absolute Gasteiger partial charge is 0.352 e. The van der Waals surface area contributed by atoms with Gasteiger partial charge in [0.2, 0.25) is 9.84 Å². The number of anilines is 1. The topological polar surface area (TPSA) is 95.6 Å². The van der Waals surface area contributed by atoms with Crippen molar-refractivity contribution in [1.29, 1.82) is 0 Å². The van der Waals surface area contributed by atoms with E-state index in [1.807, 2.05) is 18.2 Å². The maximum absolute atomic E-state index is 13.2. The minimum atomic E-state index is -3.90. The van der Waals surface area contributed by atoms with E-state index < -0.39 is 15.7 Å². The average Bonchev–Trinajstić information content (AvgIpc) is 3.39. The monoisotopic (exact) mass is 489 g/mol. The molecule has 2 N–H and O–H groups in total. The van der Waals surface area contributed by atoms with E-state index in [9.17, 15) is 18.0 Å². The van der Waals surface area contributed by atoms with Gasteiger partial charge in [0.25, 0.3) is 11.8 Å². The zero-order valence-corrected chi connectivity index (χ0v) is 20.1. The lowest BCUT2D eigenvalue weighted by atomic mass is 10.0. The van der Waals surface area contributed by atoms with E-state index in [2.05, 4.69) is 27.7 Å². The number of fused-ring (bicyclic) bond motifs is 2. The molecule has 3 aromatic rings. The van der Waals surface area contributed by atoms with Gasteiger partial charge in [-0.25, -0.2) is 8.42 Å². The predicted molar refractivity (Wildman–Crippen MR) is 133 cm³/mol. The number of carbonyl (C=O) groups excluding carboxylic acids is 2. The van der Waals surface area contributed by atoms with Gasteiger partial charge >= 0.3 is 0 Å². The highest BCUT2D eigenvalue weighted by atomic mass is 32.2. The lowest BCUT2D eigenvalue weighted by Gasteiger charge is -2.28. The standard InChI is InChI=1S/C27H27N3O4S/c31-26(28-15-14-23(30-16-6-7-17-30)19-8-2-1-3-9-19)20-12-13-25-22(18-20)29-27(32)21-10-4-5-11-24(21)35(25,33)34/h1-5,8-13,18,23H,6-7,14-17H2,(H,28,31)(H,29,32). The maximum Gasteiger partial charge on any atom is 0.257 e. The molecule has 2 amide bonds. The number of sulfone groups is 1. The summed E-state index contributed by atoms with van der Waals surface area (Å²) < 4.78 is 26.3. The Bertz CT molecular complexity index is 1370. The fraction of sp³-hybridized carbons (Fsp3) is 0.259. The Hall–Kier alpha value is -3.49. The number of nitrogens with one attached hydrogen (secondary N) is 2. The predicted octanol–water partition coefficient (Wildman–Crippen LogP) is 4.04. The van der Waals surface area contributed by atoms with Crippen molar-refractivity contribution >= 4 is 27.3 Å². The van der Waals surface area contributed by atoms with Crippen molar-refractivity contribution < 1.29 is 18.0 Å². The number of benzene rings is 3. The van der Waals surface area contributed by atoms with Crippen molar-refractivity contribution in [3.63, 3.8) is 0 Å². The van der Waals surface area contributed by atoms with Crippen LogP contribution in [0.15, 0.2) is 82.6 Å². The van der Waals surface area contributed by atoms with Crippen LogP contribution in [0.1, 0.15) is 51.6 Å². The molecular weight excluding hydrogens is 462 g/mol. The first kappa shape index (κ1) is 23.3. The number of hydrogen-bond donors (Lipinski definition) is 2. The molecule has 8 heteroatoms. The van der Waals surface area contributed by atoms with Crippen molar-refractivity contribution in [2.75, 3.05) is 25.0 Å². The summed E-state index contributed by atoms with van der Waals surface area (Å²) in [5, 5.41) is 5.62. The second kappa shape index (κ2) is 9.64. The first-order valence-corrected chi connectivity index (χ1v) is 13.3. The van der Waals surface area contributed by atoms with E-state index in [0.717, 1.165) is 19.5 Å². The summed E-state index contributed by atoms with van der Waals surface area (Å²) in [7, 11) is -3.90. The highest BCUT2D eigenvalue weighted by molar-refractivity contribution is 7.91. The van der Waals surface area contributed by atoms with Crippen LogP contribution in [0.3, 0.4) is 0 Å². The molecule has 7 nitrogen and oxygen atoms in total. The fourth-order valence-electron chi connectivity index (χ4n) is 4.91. The number of carbonyl (C=O) groups is 2. The minimum absolute atomic E-state index is 0.0227. The molecule has 35 heavy (non-hydrogen) atoms. The third-order valence-corrected chi connectivity index (χ3v) is 8.54. The van der Waals surface area contributed by atoms with Crippen molar-refractivity contribution in [2.24, 2.45) is 0 Å². The van der Waals surface area contributed by atoms with Gasteiger partial charge in [0, 0.05) is 18.2 Å². The molecule has 2 aliphatic rings. The van der Waals surface area contributed by atoms with Gasteiger partial charge in [-0.15, -0.1) is 0 Å². The molecule has 2 heterocycles. The van der Waals surface area contributed by atoms with E-state index in [4.69, 9.17) is 0 Å². The van der Waals surface area contributed by atoms with Gasteiger partial charge in [-0.2, -0.15) is 0 Å². The third-order valence-electron chi connectivity index (χ3n) is 6.67. The summed E-state index contributed by atoms with van der Waals surface area (Å²) in [4.78, 5) is 28.0. The van der Waals surface area contributed by atoms with Gasteiger partial charge in [-0.1, -0.05) is 42.5 Å². The first-order valence-electron chi connectivity index (χ1n) is 11.8. The van der Waals surface area contributed by atoms with Gasteiger partial charge in [0.1, 0.15) is 0 Å². The quantitative estimate of drug-likeness (QED) is 0.545. The van der Waals surface area contributed by atoms with E-state index in [1.54, 1.807) is 12.1 Å². The van der Waals surface area contributed by atoms with E-state index in [1.165, 1.54) is 48.7 Å². The molecule has 0 radical (unpaired) electrons. The van der Waals surface area contributed by atoms with Gasteiger partial charge in [0.05, 0.1) is 21.0 Å². The summed E-state index contributed by atoms with van der Waals surface area (Å²) in [5.41, 5.74) is 1.73. The lowest BCUT2D eigenvalue weighted by Crippen LogP contribution is -2.31. The second-order valence-corrected chi connectivity index (χ2v) is 10.8. The molecule has 0 saturated carbocycles. The molecule has 5 rings (SSSR count). The Kier molecular flexibility index (Phi) is 6.40. The van der Waals surface area contributed by atoms with Crippen molar-refractivity contribution in [3.8, 4) is 0 Å². The molecule has 0 aliphatic carbocycles. The molecule has 0 bridgehead atoms. The Morgan fingerprint density at radius 3 is 2.43 bits per heavy atom. The second-order valence-electron chi connectivity index (χ2n) is 8.88. The van der Waals surface area contributed by atoms with Gasteiger partial charge < -0.3 is 10.6 Å². The summed E-state index contributed by atoms with van der Waals surface area (Å²) >= 11 is 0. The Morgan fingerprint density at radius 1 is 0.943 bits per heavy atom. The van der Waals surface area contributed by atoms with Crippen LogP contribution in [0.25, 0.3) is 0 Å². The highest BCUT2D eigenvalue weighted by Crippen LogP contribution is 2.34. The van der Waals surface area contributed by atoms with Crippen molar-refractivity contribution in [2.45, 2.75) is 35.1 Å². The van der Waals surface area contributed by atoms with Crippen molar-refractivity contribution in [1.82, 2.24) is 10.2 Å². The maximum atomic E-state index is 13.2. The number of hydrogen-bond acceptors (Lipinski definition) is 5. The van der Waals surface area contributed by atoms with E-state index >= 15 is 0 Å². The van der Waals surface area contributed by atoms with Crippen LogP contribution in [0.5, 0.6) is 0 Å². The lowest BCUT2D eigenvalue weighted by molar-refractivity contribution is 0.0947. The molecule has 2 aliphatic heterocycles. The fourth-order valence-corrected chi connectivity index (χ4v) is 6.50. The van der Waals surface area contributed by atoms with E-state index in [0.29, 0.717) is 12.1 Å². The highest BCUT2D eigenvalue weighted by Gasteiger charge is 2.31. The van der Waals surface area contributed by atoms with Gasteiger partial charge in [-0.3, -0.25) is 14.5 Å². The van der Waals surface area contributed by atoms with Gasteiger partial charge in [0.15, 0.2) is 0 Å². The summed E-state index contributed by atoms with van der Waals surface area (Å²) in [6.07, 6.45) is 3.13. The molecule has 1 saturated heterocycles. The van der Waals surface area contributed by atoms with Crippen LogP contribution >= 0.6 is 0 Å². The number of rotatable bonds is 6. The molecule has 0 spiro atoms.